The molecule has 6 heteroatoms. The molecule has 2 aromatic rings. The van der Waals surface area contributed by atoms with Crippen LogP contribution in [-0.4, -0.2) is 21.5 Å². The van der Waals surface area contributed by atoms with Crippen molar-refractivity contribution in [3.05, 3.63) is 39.3 Å². The van der Waals surface area contributed by atoms with Gasteiger partial charge in [0.1, 0.15) is 0 Å². The Morgan fingerprint density at radius 2 is 2.12 bits per heavy atom. The van der Waals surface area contributed by atoms with Gasteiger partial charge in [-0.3, -0.25) is 4.79 Å². The van der Waals surface area contributed by atoms with Crippen LogP contribution in [0.2, 0.25) is 4.34 Å². The van der Waals surface area contributed by atoms with Crippen molar-refractivity contribution in [2.24, 2.45) is 0 Å². The number of aryl methyl sites for hydroxylation is 1. The third-order valence-electron chi connectivity index (χ3n) is 1.94. The Hall–Kier alpha value is -0.910. The van der Waals surface area contributed by atoms with E-state index in [-0.39, 0.29) is 5.78 Å². The Kier molecular flexibility index (Phi) is 4.15. The van der Waals surface area contributed by atoms with Gasteiger partial charge in [0, 0.05) is 12.4 Å². The molecule has 0 amide bonds. The molecule has 0 N–H and O–H groups in total. The maximum Gasteiger partial charge on any atom is 0.187 e. The number of Topliss-reactive ketones (excluding diaryl/α,β-unsaturated/α-hetero) is 1. The molecule has 17 heavy (non-hydrogen) atoms. The number of hydrogen-bond acceptors (Lipinski definition) is 5. The maximum absolute atomic E-state index is 11.8. The van der Waals surface area contributed by atoms with Gasteiger partial charge in [-0.15, -0.1) is 11.3 Å². The van der Waals surface area contributed by atoms with Crippen LogP contribution in [0.4, 0.5) is 0 Å². The number of thiophene rings is 1. The summed E-state index contributed by atoms with van der Waals surface area (Å²) in [4.78, 5) is 20.7. The zero-order valence-electron chi connectivity index (χ0n) is 9.01. The molecule has 0 bridgehead atoms. The predicted octanol–water partition coefficient (Wildman–Crippen LogP) is 3.47. The highest BCUT2D eigenvalue weighted by atomic mass is 35.5. The number of halogens is 1. The summed E-state index contributed by atoms with van der Waals surface area (Å²) in [7, 11) is 0. The summed E-state index contributed by atoms with van der Waals surface area (Å²) in [5, 5.41) is 0.617. The zero-order chi connectivity index (χ0) is 12.3. The summed E-state index contributed by atoms with van der Waals surface area (Å²) in [5.41, 5.74) is 1.01. The lowest BCUT2D eigenvalue weighted by Gasteiger charge is -1.98. The topological polar surface area (TPSA) is 42.9 Å². The quantitative estimate of drug-likeness (QED) is 0.490. The van der Waals surface area contributed by atoms with Gasteiger partial charge in [-0.25, -0.2) is 9.97 Å². The van der Waals surface area contributed by atoms with Crippen LogP contribution >= 0.6 is 34.7 Å². The van der Waals surface area contributed by atoms with E-state index in [1.165, 1.54) is 23.1 Å². The third-order valence-corrected chi connectivity index (χ3v) is 4.09. The van der Waals surface area contributed by atoms with Crippen LogP contribution in [0.5, 0.6) is 0 Å². The molecule has 0 unspecified atom stereocenters. The average molecular weight is 285 g/mol. The number of rotatable bonds is 4. The molecular formula is C11H9ClN2OS2. The van der Waals surface area contributed by atoms with Crippen molar-refractivity contribution in [1.29, 1.82) is 0 Å². The van der Waals surface area contributed by atoms with Crippen LogP contribution in [0.1, 0.15) is 15.2 Å². The molecule has 0 aliphatic carbocycles. The molecule has 2 heterocycles. The minimum atomic E-state index is 0.0519. The van der Waals surface area contributed by atoms with Gasteiger partial charge in [-0.1, -0.05) is 23.4 Å². The maximum atomic E-state index is 11.8. The third kappa shape index (κ3) is 3.52. The Bertz CT molecular complexity index is 525. The van der Waals surface area contributed by atoms with Crippen LogP contribution in [0.3, 0.4) is 0 Å². The molecule has 0 saturated heterocycles. The van der Waals surface area contributed by atoms with Gasteiger partial charge < -0.3 is 0 Å². The van der Waals surface area contributed by atoms with Gasteiger partial charge in [-0.05, 0) is 24.6 Å². The van der Waals surface area contributed by atoms with E-state index in [4.69, 9.17) is 11.6 Å². The normalized spacial score (nSPS) is 10.5. The predicted molar refractivity (Wildman–Crippen MR) is 71.2 cm³/mol. The largest absolute Gasteiger partial charge is 0.292 e. The number of thioether (sulfide) groups is 1. The Morgan fingerprint density at radius 1 is 1.41 bits per heavy atom. The van der Waals surface area contributed by atoms with Gasteiger partial charge in [0.25, 0.3) is 0 Å². The van der Waals surface area contributed by atoms with Gasteiger partial charge in [-0.2, -0.15) is 0 Å². The smallest absolute Gasteiger partial charge is 0.187 e. The van der Waals surface area contributed by atoms with Crippen LogP contribution in [-0.2, 0) is 0 Å². The highest BCUT2D eigenvalue weighted by Gasteiger charge is 2.10. The monoisotopic (exact) mass is 284 g/mol. The average Bonchev–Trinajstić information content (AvgIpc) is 2.75. The fourth-order valence-electron chi connectivity index (χ4n) is 1.12. The van der Waals surface area contributed by atoms with Crippen molar-refractivity contribution in [1.82, 2.24) is 9.97 Å². The molecular weight excluding hydrogens is 276 g/mol. The van der Waals surface area contributed by atoms with Crippen molar-refractivity contribution in [3.63, 3.8) is 0 Å². The summed E-state index contributed by atoms with van der Waals surface area (Å²) < 4.78 is 0.630. The second kappa shape index (κ2) is 5.62. The van der Waals surface area contributed by atoms with Crippen molar-refractivity contribution in [2.45, 2.75) is 12.1 Å². The van der Waals surface area contributed by atoms with Crippen molar-refractivity contribution < 1.29 is 4.79 Å². The molecule has 0 saturated carbocycles. The number of hydrogen-bond donors (Lipinski definition) is 0. The Morgan fingerprint density at radius 3 is 2.71 bits per heavy atom. The first-order valence-electron chi connectivity index (χ1n) is 4.85. The van der Waals surface area contributed by atoms with Crippen LogP contribution < -0.4 is 0 Å². The van der Waals surface area contributed by atoms with Gasteiger partial charge in [0.2, 0.25) is 0 Å². The molecule has 0 radical (unpaired) electrons. The van der Waals surface area contributed by atoms with Gasteiger partial charge in [0.05, 0.1) is 15.0 Å². The second-order valence-electron chi connectivity index (χ2n) is 3.36. The summed E-state index contributed by atoms with van der Waals surface area (Å²) in [5.74, 6) is 0.385. The molecule has 88 valence electrons. The molecule has 3 nitrogen and oxygen atoms in total. The fraction of sp³-hybridized carbons (Fsp3) is 0.182. The van der Waals surface area contributed by atoms with E-state index in [1.54, 1.807) is 24.5 Å². The minimum absolute atomic E-state index is 0.0519. The second-order valence-corrected chi connectivity index (χ2v) is 6.02. The van der Waals surface area contributed by atoms with Crippen molar-refractivity contribution in [3.8, 4) is 0 Å². The van der Waals surface area contributed by atoms with Crippen LogP contribution in [0.25, 0.3) is 0 Å². The van der Waals surface area contributed by atoms with E-state index in [0.29, 0.717) is 20.1 Å². The van der Waals surface area contributed by atoms with Crippen LogP contribution in [0, 0.1) is 6.92 Å². The highest BCUT2D eigenvalue weighted by molar-refractivity contribution is 7.99. The summed E-state index contributed by atoms with van der Waals surface area (Å²) in [6, 6.07) is 3.47. The van der Waals surface area contributed by atoms with Crippen molar-refractivity contribution in [2.75, 3.05) is 5.75 Å². The first kappa shape index (κ1) is 12.5. The Balaban J connectivity index is 1.94. The van der Waals surface area contributed by atoms with E-state index < -0.39 is 0 Å². The van der Waals surface area contributed by atoms with Crippen LogP contribution in [0.15, 0.2) is 29.7 Å². The summed E-state index contributed by atoms with van der Waals surface area (Å²) in [6.07, 6.45) is 3.48. The van der Waals surface area contributed by atoms with Gasteiger partial charge in [0.15, 0.2) is 10.9 Å². The highest BCUT2D eigenvalue weighted by Crippen LogP contribution is 2.23. The Labute approximate surface area is 112 Å². The molecule has 0 atom stereocenters. The van der Waals surface area contributed by atoms with E-state index >= 15 is 0 Å². The molecule has 0 spiro atoms. The van der Waals surface area contributed by atoms with E-state index in [9.17, 15) is 4.79 Å². The molecule has 0 aromatic carbocycles. The number of carbonyl (C=O) groups excluding carboxylic acids is 1. The zero-order valence-corrected chi connectivity index (χ0v) is 11.4. The number of aromatic nitrogens is 2. The lowest BCUT2D eigenvalue weighted by atomic mass is 10.4. The molecule has 0 fully saturated rings. The van der Waals surface area contributed by atoms with E-state index in [2.05, 4.69) is 9.97 Å². The number of nitrogens with zero attached hydrogens (tertiary/aromatic N) is 2. The molecule has 2 rings (SSSR count). The minimum Gasteiger partial charge on any atom is -0.292 e. The summed E-state index contributed by atoms with van der Waals surface area (Å²) >= 11 is 8.40. The molecule has 0 aliphatic rings. The van der Waals surface area contributed by atoms with Gasteiger partial charge >= 0.3 is 0 Å². The van der Waals surface area contributed by atoms with Crippen molar-refractivity contribution >= 4 is 40.5 Å². The lowest BCUT2D eigenvalue weighted by Crippen LogP contribution is -2.00. The standard InChI is InChI=1S/C11H9ClN2OS2/c1-7-4-13-11(14-5-7)16-6-8(15)9-2-3-10(12)17-9/h2-5H,6H2,1H3. The first-order chi connectivity index (χ1) is 8.15. The molecule has 0 aliphatic heterocycles. The fourth-order valence-corrected chi connectivity index (χ4v) is 2.86. The number of ketones is 1. The first-order valence-corrected chi connectivity index (χ1v) is 7.03. The number of carbonyl (C=O) groups is 1. The lowest BCUT2D eigenvalue weighted by molar-refractivity contribution is 0.102. The van der Waals surface area contributed by atoms with E-state index in [0.717, 1.165) is 5.56 Å². The SMILES string of the molecule is Cc1cnc(SCC(=O)c2ccc(Cl)s2)nc1. The summed E-state index contributed by atoms with van der Waals surface area (Å²) in [6.45, 7) is 1.92. The molecule has 2 aromatic heterocycles. The van der Waals surface area contributed by atoms with E-state index in [1.807, 2.05) is 6.92 Å².